The summed E-state index contributed by atoms with van der Waals surface area (Å²) in [5, 5.41) is 11.4. The number of anilines is 1. The van der Waals surface area contributed by atoms with Gasteiger partial charge in [-0.05, 0) is 43.4 Å². The summed E-state index contributed by atoms with van der Waals surface area (Å²) in [5.41, 5.74) is -0.137. The minimum absolute atomic E-state index is 0.0513. The van der Waals surface area contributed by atoms with E-state index in [1.807, 2.05) is 0 Å². The monoisotopic (exact) mass is 278 g/mol. The van der Waals surface area contributed by atoms with Crippen molar-refractivity contribution in [3.8, 4) is 0 Å². The number of fused-ring (bicyclic) bond motifs is 2. The van der Waals surface area contributed by atoms with Gasteiger partial charge in [-0.25, -0.2) is 14.0 Å². The first kappa shape index (κ1) is 12.9. The maximum Gasteiger partial charge on any atom is 0.335 e. The van der Waals surface area contributed by atoms with Crippen LogP contribution in [-0.2, 0) is 0 Å². The van der Waals surface area contributed by atoms with Crippen LogP contribution in [0.25, 0.3) is 0 Å². The Hall–Kier alpha value is -2.11. The average molecular weight is 278 g/mol. The first-order valence-corrected chi connectivity index (χ1v) is 6.65. The second-order valence-electron chi connectivity index (χ2n) is 5.42. The van der Waals surface area contributed by atoms with Crippen molar-refractivity contribution in [3.63, 3.8) is 0 Å². The molecule has 20 heavy (non-hydrogen) atoms. The molecule has 0 aromatic heterocycles. The molecule has 2 aliphatic rings. The average Bonchev–Trinajstić information content (AvgIpc) is 3.03. The van der Waals surface area contributed by atoms with Crippen LogP contribution >= 0.6 is 0 Å². The molecule has 2 unspecified atom stereocenters. The lowest BCUT2D eigenvalue weighted by Gasteiger charge is -2.27. The smallest absolute Gasteiger partial charge is 0.335 e. The van der Waals surface area contributed by atoms with Crippen LogP contribution in [0.15, 0.2) is 18.2 Å². The molecule has 2 bridgehead atoms. The molecule has 1 aromatic carbocycles. The number of hydrogen-bond acceptors (Lipinski definition) is 2. The third kappa shape index (κ3) is 2.21. The minimum Gasteiger partial charge on any atom is -0.478 e. The summed E-state index contributed by atoms with van der Waals surface area (Å²) in [7, 11) is 0. The number of carboxylic acid groups (broad SMARTS) is 1. The first-order valence-electron chi connectivity index (χ1n) is 6.65. The van der Waals surface area contributed by atoms with Crippen molar-refractivity contribution in [3.05, 3.63) is 29.6 Å². The Morgan fingerprint density at radius 2 is 2.15 bits per heavy atom. The highest BCUT2D eigenvalue weighted by Crippen LogP contribution is 2.37. The van der Waals surface area contributed by atoms with Crippen LogP contribution in [0.4, 0.5) is 14.9 Å². The zero-order chi connectivity index (χ0) is 14.3. The predicted molar refractivity (Wildman–Crippen MR) is 70.2 cm³/mol. The summed E-state index contributed by atoms with van der Waals surface area (Å²) in [5.74, 6) is -1.23. The van der Waals surface area contributed by atoms with Gasteiger partial charge in [0.1, 0.15) is 5.82 Å². The quantitative estimate of drug-likeness (QED) is 0.873. The van der Waals surface area contributed by atoms with E-state index in [-0.39, 0.29) is 23.3 Å². The zero-order valence-corrected chi connectivity index (χ0v) is 10.8. The van der Waals surface area contributed by atoms with Crippen molar-refractivity contribution in [2.24, 2.45) is 5.92 Å². The molecule has 1 aliphatic carbocycles. The van der Waals surface area contributed by atoms with Crippen LogP contribution in [0.3, 0.4) is 0 Å². The van der Waals surface area contributed by atoms with Crippen molar-refractivity contribution in [2.45, 2.75) is 25.3 Å². The van der Waals surface area contributed by atoms with E-state index in [4.69, 9.17) is 5.11 Å². The molecular formula is C14H15FN2O3. The Kier molecular flexibility index (Phi) is 3.08. The second kappa shape index (κ2) is 4.77. The molecule has 106 valence electrons. The highest BCUT2D eigenvalue weighted by Gasteiger charge is 2.40. The van der Waals surface area contributed by atoms with Crippen molar-refractivity contribution in [1.82, 2.24) is 4.90 Å². The third-order valence-corrected chi connectivity index (χ3v) is 4.12. The number of hydrogen-bond donors (Lipinski definition) is 2. The maximum atomic E-state index is 13.6. The van der Waals surface area contributed by atoms with Crippen LogP contribution in [-0.4, -0.2) is 34.6 Å². The third-order valence-electron chi connectivity index (χ3n) is 4.12. The number of piperidine rings is 1. The Balaban J connectivity index is 1.75. The van der Waals surface area contributed by atoms with Crippen molar-refractivity contribution in [1.29, 1.82) is 0 Å². The number of nitrogens with one attached hydrogen (secondary N) is 1. The van der Waals surface area contributed by atoms with Gasteiger partial charge in [-0.1, -0.05) is 0 Å². The van der Waals surface area contributed by atoms with E-state index in [9.17, 15) is 14.0 Å². The van der Waals surface area contributed by atoms with Gasteiger partial charge in [-0.3, -0.25) is 0 Å². The molecule has 1 saturated heterocycles. The highest BCUT2D eigenvalue weighted by molar-refractivity contribution is 5.93. The molecule has 1 saturated carbocycles. The number of nitrogens with zero attached hydrogens (tertiary/aromatic N) is 1. The fourth-order valence-electron chi connectivity index (χ4n) is 3.11. The Bertz CT molecular complexity index is 576. The number of amides is 2. The van der Waals surface area contributed by atoms with Crippen LogP contribution in [0.1, 0.15) is 29.6 Å². The number of benzene rings is 1. The lowest BCUT2D eigenvalue weighted by Crippen LogP contribution is -2.40. The number of urea groups is 1. The summed E-state index contributed by atoms with van der Waals surface area (Å²) in [4.78, 5) is 24.7. The topological polar surface area (TPSA) is 69.6 Å². The molecule has 0 radical (unpaired) electrons. The van der Waals surface area contributed by atoms with Gasteiger partial charge in [0, 0.05) is 12.6 Å². The van der Waals surface area contributed by atoms with Crippen molar-refractivity contribution in [2.75, 3.05) is 11.9 Å². The molecule has 2 fully saturated rings. The van der Waals surface area contributed by atoms with Crippen molar-refractivity contribution < 1.29 is 19.1 Å². The summed E-state index contributed by atoms with van der Waals surface area (Å²) >= 11 is 0. The van der Waals surface area contributed by atoms with Gasteiger partial charge in [0.2, 0.25) is 0 Å². The Morgan fingerprint density at radius 3 is 2.75 bits per heavy atom. The fraction of sp³-hybridized carbons (Fsp3) is 0.429. The number of rotatable bonds is 2. The van der Waals surface area contributed by atoms with Gasteiger partial charge in [0.05, 0.1) is 11.3 Å². The largest absolute Gasteiger partial charge is 0.478 e. The SMILES string of the molecule is O=C(O)c1ccc(F)c(NC(=O)N2CC3CCC2C3)c1. The molecule has 2 amide bonds. The van der Waals surface area contributed by atoms with Crippen LogP contribution in [0, 0.1) is 11.7 Å². The molecule has 2 atom stereocenters. The van der Waals surface area contributed by atoms with Gasteiger partial charge >= 0.3 is 12.0 Å². The zero-order valence-electron chi connectivity index (χ0n) is 10.8. The van der Waals surface area contributed by atoms with Gasteiger partial charge in [0.25, 0.3) is 0 Å². The summed E-state index contributed by atoms with van der Waals surface area (Å²) in [6.45, 7) is 0.705. The lowest BCUT2D eigenvalue weighted by atomic mass is 10.1. The van der Waals surface area contributed by atoms with Gasteiger partial charge in [0.15, 0.2) is 0 Å². The van der Waals surface area contributed by atoms with Crippen LogP contribution < -0.4 is 5.32 Å². The van der Waals surface area contributed by atoms with E-state index >= 15 is 0 Å². The van der Waals surface area contributed by atoms with E-state index in [1.54, 1.807) is 4.90 Å². The summed E-state index contributed by atoms with van der Waals surface area (Å²) in [6, 6.07) is 3.26. The van der Waals surface area contributed by atoms with E-state index in [2.05, 4.69) is 5.32 Å². The molecule has 3 rings (SSSR count). The summed E-state index contributed by atoms with van der Waals surface area (Å²) in [6.07, 6.45) is 3.16. The second-order valence-corrected chi connectivity index (χ2v) is 5.42. The van der Waals surface area contributed by atoms with Crippen molar-refractivity contribution >= 4 is 17.7 Å². The number of halogens is 1. The van der Waals surface area contributed by atoms with E-state index in [1.165, 1.54) is 6.07 Å². The molecule has 0 spiro atoms. The number of carboxylic acids is 1. The van der Waals surface area contributed by atoms with Gasteiger partial charge in [-0.2, -0.15) is 0 Å². The van der Waals surface area contributed by atoms with Gasteiger partial charge < -0.3 is 15.3 Å². The fourth-order valence-corrected chi connectivity index (χ4v) is 3.11. The molecule has 5 nitrogen and oxygen atoms in total. The van der Waals surface area contributed by atoms with Crippen LogP contribution in [0.2, 0.25) is 0 Å². The maximum absolute atomic E-state index is 13.6. The Morgan fingerprint density at radius 1 is 1.35 bits per heavy atom. The molecular weight excluding hydrogens is 263 g/mol. The standard InChI is InChI=1S/C14H15FN2O3/c15-11-4-2-9(13(18)19)6-12(11)16-14(20)17-7-8-1-3-10(17)5-8/h2,4,6,8,10H,1,3,5,7H2,(H,16,20)(H,18,19). The first-order chi connectivity index (χ1) is 9.54. The molecule has 6 heteroatoms. The number of aromatic carboxylic acids is 1. The van der Waals surface area contributed by atoms with Crippen LogP contribution in [0.5, 0.6) is 0 Å². The molecule has 1 aliphatic heterocycles. The Labute approximate surface area is 115 Å². The predicted octanol–water partition coefficient (Wildman–Crippen LogP) is 2.54. The number of carbonyl (C=O) groups excluding carboxylic acids is 1. The minimum atomic E-state index is -1.15. The highest BCUT2D eigenvalue weighted by atomic mass is 19.1. The molecule has 2 N–H and O–H groups in total. The van der Waals surface area contributed by atoms with E-state index in [0.29, 0.717) is 12.5 Å². The molecule has 1 aromatic rings. The normalized spacial score (nSPS) is 23.9. The lowest BCUT2D eigenvalue weighted by molar-refractivity contribution is 0.0697. The van der Waals surface area contributed by atoms with E-state index in [0.717, 1.165) is 31.4 Å². The number of likely N-dealkylation sites (tertiary alicyclic amines) is 1. The van der Waals surface area contributed by atoms with Gasteiger partial charge in [-0.15, -0.1) is 0 Å². The summed E-state index contributed by atoms with van der Waals surface area (Å²) < 4.78 is 13.6. The van der Waals surface area contributed by atoms with E-state index < -0.39 is 11.8 Å². The molecule has 1 heterocycles. The number of carbonyl (C=O) groups is 2.